The number of carboxylic acid groups (broad SMARTS) is 1. The zero-order chi connectivity index (χ0) is 15.1. The van der Waals surface area contributed by atoms with Crippen LogP contribution >= 0.6 is 0 Å². The quantitative estimate of drug-likeness (QED) is 0.916. The number of halogens is 1. The Morgan fingerprint density at radius 2 is 2.10 bits per heavy atom. The molecule has 0 radical (unpaired) electrons. The van der Waals surface area contributed by atoms with E-state index in [-0.39, 0.29) is 5.82 Å². The summed E-state index contributed by atoms with van der Waals surface area (Å²) in [6.45, 7) is 7.74. The van der Waals surface area contributed by atoms with Crippen molar-refractivity contribution in [3.05, 3.63) is 35.7 Å². The predicted molar refractivity (Wildman–Crippen MR) is 78.3 cm³/mol. The molecule has 0 aromatic heterocycles. The number of rotatable bonds is 3. The van der Waals surface area contributed by atoms with E-state index in [2.05, 4.69) is 0 Å². The van der Waals surface area contributed by atoms with Gasteiger partial charge in [-0.25, -0.2) is 9.18 Å². The molecule has 1 aromatic rings. The summed E-state index contributed by atoms with van der Waals surface area (Å²) in [4.78, 5) is 13.4. The molecular formula is C16H20FNO2. The van der Waals surface area contributed by atoms with E-state index >= 15 is 0 Å². The molecule has 2 rings (SSSR count). The number of hydrogen-bond donors (Lipinski definition) is 1. The van der Waals surface area contributed by atoms with Crippen molar-refractivity contribution >= 4 is 17.2 Å². The smallest absolute Gasteiger partial charge is 0.326 e. The first-order chi connectivity index (χ1) is 9.27. The predicted octanol–water partition coefficient (Wildman–Crippen LogP) is 3.69. The van der Waals surface area contributed by atoms with Gasteiger partial charge in [0.05, 0.1) is 5.54 Å². The Balaban J connectivity index is 2.65. The minimum Gasteiger partial charge on any atom is -0.480 e. The molecule has 0 saturated heterocycles. The van der Waals surface area contributed by atoms with E-state index in [1.165, 1.54) is 12.1 Å². The Kier molecular flexibility index (Phi) is 3.59. The molecule has 0 saturated carbocycles. The van der Waals surface area contributed by atoms with E-state index in [9.17, 15) is 14.3 Å². The zero-order valence-corrected chi connectivity index (χ0v) is 12.3. The molecule has 0 amide bonds. The van der Waals surface area contributed by atoms with Gasteiger partial charge >= 0.3 is 5.97 Å². The normalized spacial score (nSPS) is 18.2. The molecule has 1 aliphatic heterocycles. The van der Waals surface area contributed by atoms with E-state index < -0.39 is 17.6 Å². The number of benzene rings is 1. The van der Waals surface area contributed by atoms with Crippen molar-refractivity contribution in [3.63, 3.8) is 0 Å². The number of aliphatic carboxylic acids is 1. The van der Waals surface area contributed by atoms with Crippen LogP contribution in [-0.4, -0.2) is 22.7 Å². The highest BCUT2D eigenvalue weighted by Crippen LogP contribution is 2.40. The van der Waals surface area contributed by atoms with Crippen LogP contribution in [0.4, 0.5) is 10.1 Å². The summed E-state index contributed by atoms with van der Waals surface area (Å²) in [5.41, 5.74) is 2.10. The monoisotopic (exact) mass is 277 g/mol. The van der Waals surface area contributed by atoms with Gasteiger partial charge in [0.2, 0.25) is 0 Å². The number of hydrogen-bond acceptors (Lipinski definition) is 2. The van der Waals surface area contributed by atoms with Crippen molar-refractivity contribution in [3.8, 4) is 0 Å². The Morgan fingerprint density at radius 1 is 1.45 bits per heavy atom. The van der Waals surface area contributed by atoms with Crippen LogP contribution in [0.25, 0.3) is 5.57 Å². The average molecular weight is 277 g/mol. The van der Waals surface area contributed by atoms with Crippen molar-refractivity contribution in [2.24, 2.45) is 0 Å². The van der Waals surface area contributed by atoms with Gasteiger partial charge in [-0.15, -0.1) is 0 Å². The Labute approximate surface area is 118 Å². The number of nitrogens with zero attached hydrogens (tertiary/aromatic N) is 1. The molecular weight excluding hydrogens is 257 g/mol. The molecule has 1 unspecified atom stereocenters. The van der Waals surface area contributed by atoms with E-state index in [0.29, 0.717) is 6.42 Å². The van der Waals surface area contributed by atoms with Crippen LogP contribution in [0.5, 0.6) is 0 Å². The van der Waals surface area contributed by atoms with Gasteiger partial charge in [0, 0.05) is 11.3 Å². The fraction of sp³-hybridized carbons (Fsp3) is 0.438. The van der Waals surface area contributed by atoms with E-state index in [0.717, 1.165) is 16.8 Å². The summed E-state index contributed by atoms with van der Waals surface area (Å²) in [6, 6.07) is 3.90. The molecule has 0 spiro atoms. The first-order valence-corrected chi connectivity index (χ1v) is 6.79. The second-order valence-corrected chi connectivity index (χ2v) is 5.77. The van der Waals surface area contributed by atoms with Gasteiger partial charge in [0.25, 0.3) is 0 Å². The lowest BCUT2D eigenvalue weighted by atomic mass is 9.87. The molecule has 0 fully saturated rings. The van der Waals surface area contributed by atoms with E-state index in [1.807, 2.05) is 38.7 Å². The van der Waals surface area contributed by atoms with Crippen molar-refractivity contribution < 1.29 is 14.3 Å². The van der Waals surface area contributed by atoms with Crippen LogP contribution < -0.4 is 4.90 Å². The standard InChI is InChI=1S/C16H20FNO2/c1-5-13(15(19)20)18-14-7-6-11(17)8-12(14)10(2)9-16(18,3)4/h6-9,13H,5H2,1-4H3,(H,19,20). The topological polar surface area (TPSA) is 40.5 Å². The third-order valence-electron chi connectivity index (χ3n) is 3.82. The molecule has 1 aliphatic rings. The SMILES string of the molecule is CCC(C(=O)O)N1c2ccc(F)cc2C(C)=CC1(C)C. The van der Waals surface area contributed by atoms with Gasteiger partial charge in [-0.1, -0.05) is 13.0 Å². The highest BCUT2D eigenvalue weighted by molar-refractivity contribution is 5.86. The summed E-state index contributed by atoms with van der Waals surface area (Å²) in [7, 11) is 0. The molecule has 1 N–H and O–H groups in total. The number of fused-ring (bicyclic) bond motifs is 1. The van der Waals surface area contributed by atoms with E-state index in [1.54, 1.807) is 6.07 Å². The van der Waals surface area contributed by atoms with Gasteiger partial charge in [0.1, 0.15) is 11.9 Å². The van der Waals surface area contributed by atoms with E-state index in [4.69, 9.17) is 0 Å². The van der Waals surface area contributed by atoms with Crippen molar-refractivity contribution in [1.82, 2.24) is 0 Å². The minimum atomic E-state index is -0.858. The highest BCUT2D eigenvalue weighted by Gasteiger charge is 2.38. The summed E-state index contributed by atoms with van der Waals surface area (Å²) >= 11 is 0. The molecule has 3 nitrogen and oxygen atoms in total. The highest BCUT2D eigenvalue weighted by atomic mass is 19.1. The third kappa shape index (κ3) is 2.30. The van der Waals surface area contributed by atoms with Crippen LogP contribution in [0, 0.1) is 5.82 Å². The maximum absolute atomic E-state index is 13.5. The lowest BCUT2D eigenvalue weighted by Crippen LogP contribution is -2.54. The van der Waals surface area contributed by atoms with Gasteiger partial charge < -0.3 is 10.0 Å². The first-order valence-electron chi connectivity index (χ1n) is 6.79. The molecule has 0 aliphatic carbocycles. The molecule has 1 atom stereocenters. The van der Waals surface area contributed by atoms with Gasteiger partial charge in [-0.3, -0.25) is 0 Å². The van der Waals surface area contributed by atoms with Crippen molar-refractivity contribution in [1.29, 1.82) is 0 Å². The molecule has 1 heterocycles. The summed E-state index contributed by atoms with van der Waals surface area (Å²) in [5.74, 6) is -1.16. The van der Waals surface area contributed by atoms with Crippen LogP contribution in [0.1, 0.15) is 39.7 Å². The van der Waals surface area contributed by atoms with Gasteiger partial charge in [0.15, 0.2) is 0 Å². The molecule has 0 bridgehead atoms. The largest absolute Gasteiger partial charge is 0.480 e. The summed E-state index contributed by atoms with van der Waals surface area (Å²) in [5, 5.41) is 9.47. The lowest BCUT2D eigenvalue weighted by molar-refractivity contribution is -0.139. The fourth-order valence-electron chi connectivity index (χ4n) is 3.06. The number of allylic oxidation sites excluding steroid dienone is 1. The minimum absolute atomic E-state index is 0.306. The molecule has 20 heavy (non-hydrogen) atoms. The molecule has 1 aromatic carbocycles. The lowest BCUT2D eigenvalue weighted by Gasteiger charge is -2.46. The molecule has 4 heteroatoms. The second kappa shape index (κ2) is 4.93. The summed E-state index contributed by atoms with van der Waals surface area (Å²) in [6.07, 6.45) is 2.49. The molecule has 108 valence electrons. The maximum Gasteiger partial charge on any atom is 0.326 e. The second-order valence-electron chi connectivity index (χ2n) is 5.77. The maximum atomic E-state index is 13.5. The zero-order valence-electron chi connectivity index (χ0n) is 12.3. The van der Waals surface area contributed by atoms with Gasteiger partial charge in [-0.05, 0) is 51.0 Å². The Hall–Kier alpha value is -1.84. The fourth-order valence-corrected chi connectivity index (χ4v) is 3.06. The number of carbonyl (C=O) groups is 1. The Bertz CT molecular complexity index is 578. The Morgan fingerprint density at radius 3 is 2.65 bits per heavy atom. The van der Waals surface area contributed by atoms with Crippen LogP contribution in [-0.2, 0) is 4.79 Å². The number of anilines is 1. The van der Waals surface area contributed by atoms with Crippen molar-refractivity contribution in [2.75, 3.05) is 4.90 Å². The van der Waals surface area contributed by atoms with Crippen LogP contribution in [0.15, 0.2) is 24.3 Å². The first kappa shape index (κ1) is 14.6. The van der Waals surface area contributed by atoms with Crippen LogP contribution in [0.2, 0.25) is 0 Å². The van der Waals surface area contributed by atoms with Gasteiger partial charge in [-0.2, -0.15) is 0 Å². The summed E-state index contributed by atoms with van der Waals surface area (Å²) < 4.78 is 13.5. The van der Waals surface area contributed by atoms with Crippen LogP contribution in [0.3, 0.4) is 0 Å². The number of carboxylic acids is 1. The average Bonchev–Trinajstić information content (AvgIpc) is 2.33. The van der Waals surface area contributed by atoms with Crippen molar-refractivity contribution in [2.45, 2.75) is 45.7 Å². The third-order valence-corrected chi connectivity index (χ3v) is 3.82.